The Morgan fingerprint density at radius 2 is 2.47 bits per heavy atom. The number of aromatic nitrogens is 2. The first-order valence-electron chi connectivity index (χ1n) is 5.11. The minimum Gasteiger partial charge on any atom is -0.480 e. The van der Waals surface area contributed by atoms with E-state index in [1.807, 2.05) is 10.8 Å². The van der Waals surface area contributed by atoms with Gasteiger partial charge in [-0.2, -0.15) is 0 Å². The largest absolute Gasteiger partial charge is 0.480 e. The third-order valence-electron chi connectivity index (χ3n) is 3.13. The summed E-state index contributed by atoms with van der Waals surface area (Å²) in [5.41, 5.74) is 4.80. The molecule has 1 heterocycles. The predicted octanol–water partition coefficient (Wildman–Crippen LogP) is 0.780. The lowest BCUT2D eigenvalue weighted by atomic mass is 9.80. The first-order valence-corrected chi connectivity index (χ1v) is 5.11. The Morgan fingerprint density at radius 3 is 3.07 bits per heavy atom. The fourth-order valence-electron chi connectivity index (χ4n) is 2.21. The van der Waals surface area contributed by atoms with Crippen LogP contribution in [0.3, 0.4) is 0 Å². The summed E-state index contributed by atoms with van der Waals surface area (Å²) in [4.78, 5) is 15.0. The van der Waals surface area contributed by atoms with Gasteiger partial charge < -0.3 is 15.4 Å². The molecular formula is C10H15N3O2. The molecule has 2 unspecified atom stereocenters. The molecule has 0 aromatic carbocycles. The quantitative estimate of drug-likeness (QED) is 0.754. The summed E-state index contributed by atoms with van der Waals surface area (Å²) >= 11 is 0. The van der Waals surface area contributed by atoms with Crippen LogP contribution < -0.4 is 5.73 Å². The Bertz CT molecular complexity index is 350. The molecule has 0 radical (unpaired) electrons. The van der Waals surface area contributed by atoms with Crippen molar-refractivity contribution in [3.8, 4) is 0 Å². The van der Waals surface area contributed by atoms with Gasteiger partial charge in [-0.1, -0.05) is 0 Å². The highest BCUT2D eigenvalue weighted by Gasteiger charge is 2.39. The molecule has 1 fully saturated rings. The summed E-state index contributed by atoms with van der Waals surface area (Å²) in [6.45, 7) is 0. The van der Waals surface area contributed by atoms with Crippen LogP contribution in [0, 0.1) is 0 Å². The molecule has 2 atom stereocenters. The lowest BCUT2D eigenvalue weighted by molar-refractivity contribution is -0.145. The Morgan fingerprint density at radius 1 is 1.67 bits per heavy atom. The third kappa shape index (κ3) is 1.87. The van der Waals surface area contributed by atoms with E-state index in [0.717, 1.165) is 12.8 Å². The molecule has 3 N–H and O–H groups in total. The molecule has 5 heteroatoms. The Balaban J connectivity index is 2.14. The van der Waals surface area contributed by atoms with E-state index < -0.39 is 11.5 Å². The zero-order valence-electron chi connectivity index (χ0n) is 8.47. The van der Waals surface area contributed by atoms with Crippen molar-refractivity contribution in [1.82, 2.24) is 9.55 Å². The second kappa shape index (κ2) is 3.66. The van der Waals surface area contributed by atoms with Gasteiger partial charge in [-0.05, 0) is 25.7 Å². The summed E-state index contributed by atoms with van der Waals surface area (Å²) in [6.07, 6.45) is 8.16. The molecular weight excluding hydrogens is 194 g/mol. The van der Waals surface area contributed by atoms with Gasteiger partial charge in [-0.25, -0.2) is 4.98 Å². The lowest BCUT2D eigenvalue weighted by Gasteiger charge is -2.34. The molecule has 1 aliphatic rings. The van der Waals surface area contributed by atoms with Crippen molar-refractivity contribution in [2.45, 2.75) is 37.3 Å². The molecule has 0 amide bonds. The first-order chi connectivity index (χ1) is 7.12. The maximum Gasteiger partial charge on any atom is 0.323 e. The van der Waals surface area contributed by atoms with E-state index in [0.29, 0.717) is 12.8 Å². The molecule has 0 spiro atoms. The monoisotopic (exact) mass is 209 g/mol. The maximum atomic E-state index is 11.0. The van der Waals surface area contributed by atoms with Crippen LogP contribution in [-0.2, 0) is 4.79 Å². The van der Waals surface area contributed by atoms with Gasteiger partial charge in [-0.15, -0.1) is 0 Å². The molecule has 0 aliphatic heterocycles. The van der Waals surface area contributed by atoms with Crippen LogP contribution in [0.25, 0.3) is 0 Å². The summed E-state index contributed by atoms with van der Waals surface area (Å²) in [5, 5.41) is 9.06. The molecule has 1 saturated carbocycles. The topological polar surface area (TPSA) is 81.1 Å². The molecule has 1 aromatic heterocycles. The molecule has 1 aromatic rings. The van der Waals surface area contributed by atoms with Gasteiger partial charge in [0.25, 0.3) is 0 Å². The van der Waals surface area contributed by atoms with Gasteiger partial charge in [0.05, 0.1) is 6.33 Å². The van der Waals surface area contributed by atoms with Gasteiger partial charge in [0, 0.05) is 18.4 Å². The second-order valence-corrected chi connectivity index (χ2v) is 4.22. The van der Waals surface area contributed by atoms with E-state index in [1.165, 1.54) is 0 Å². The summed E-state index contributed by atoms with van der Waals surface area (Å²) in [7, 11) is 0. The molecule has 5 nitrogen and oxygen atoms in total. The predicted molar refractivity (Wildman–Crippen MR) is 54.3 cm³/mol. The molecule has 2 rings (SSSR count). The minimum absolute atomic E-state index is 0.169. The van der Waals surface area contributed by atoms with Gasteiger partial charge in [0.1, 0.15) is 5.54 Å². The number of imidazole rings is 1. The summed E-state index contributed by atoms with van der Waals surface area (Å²) < 4.78 is 1.95. The number of hydrogen-bond acceptors (Lipinski definition) is 3. The van der Waals surface area contributed by atoms with E-state index >= 15 is 0 Å². The second-order valence-electron chi connectivity index (χ2n) is 4.22. The zero-order chi connectivity index (χ0) is 10.9. The van der Waals surface area contributed by atoms with Crippen molar-refractivity contribution in [3.63, 3.8) is 0 Å². The van der Waals surface area contributed by atoms with Crippen LogP contribution in [0.1, 0.15) is 31.7 Å². The van der Waals surface area contributed by atoms with Crippen LogP contribution in [0.5, 0.6) is 0 Å². The standard InChI is InChI=1S/C10H15N3O2/c11-10(9(14)15)3-1-2-8(6-10)13-5-4-12-7-13/h4-5,7-8H,1-3,6,11H2,(H,14,15). The number of carbonyl (C=O) groups is 1. The fourth-order valence-corrected chi connectivity index (χ4v) is 2.21. The normalized spacial score (nSPS) is 31.4. The van der Waals surface area contributed by atoms with Gasteiger partial charge >= 0.3 is 5.97 Å². The molecule has 1 aliphatic carbocycles. The van der Waals surface area contributed by atoms with Crippen LogP contribution in [0.2, 0.25) is 0 Å². The smallest absolute Gasteiger partial charge is 0.323 e. The van der Waals surface area contributed by atoms with Gasteiger partial charge in [0.15, 0.2) is 0 Å². The van der Waals surface area contributed by atoms with E-state index in [1.54, 1.807) is 12.5 Å². The SMILES string of the molecule is NC1(C(=O)O)CCCC(n2ccnc2)C1. The molecule has 0 bridgehead atoms. The highest BCUT2D eigenvalue weighted by atomic mass is 16.4. The Hall–Kier alpha value is -1.36. The number of rotatable bonds is 2. The minimum atomic E-state index is -1.06. The van der Waals surface area contributed by atoms with Crippen LogP contribution >= 0.6 is 0 Å². The van der Waals surface area contributed by atoms with E-state index in [2.05, 4.69) is 4.98 Å². The number of carboxylic acids is 1. The van der Waals surface area contributed by atoms with Crippen molar-refractivity contribution in [2.75, 3.05) is 0 Å². The number of aliphatic carboxylic acids is 1. The van der Waals surface area contributed by atoms with Crippen LogP contribution in [0.15, 0.2) is 18.7 Å². The van der Waals surface area contributed by atoms with Crippen molar-refractivity contribution in [1.29, 1.82) is 0 Å². The van der Waals surface area contributed by atoms with Gasteiger partial charge in [0.2, 0.25) is 0 Å². The average Bonchev–Trinajstić information content (AvgIpc) is 2.70. The Kier molecular flexibility index (Phi) is 2.48. The number of nitrogens with two attached hydrogens (primary N) is 1. The lowest BCUT2D eigenvalue weighted by Crippen LogP contribution is -2.51. The highest BCUT2D eigenvalue weighted by molar-refractivity contribution is 5.78. The van der Waals surface area contributed by atoms with Crippen molar-refractivity contribution in [3.05, 3.63) is 18.7 Å². The highest BCUT2D eigenvalue weighted by Crippen LogP contribution is 2.33. The van der Waals surface area contributed by atoms with Crippen molar-refractivity contribution < 1.29 is 9.90 Å². The molecule has 15 heavy (non-hydrogen) atoms. The Labute approximate surface area is 87.9 Å². The third-order valence-corrected chi connectivity index (χ3v) is 3.13. The zero-order valence-corrected chi connectivity index (χ0v) is 8.47. The summed E-state index contributed by atoms with van der Waals surface area (Å²) in [5.74, 6) is -0.896. The first kappa shape index (κ1) is 10.2. The van der Waals surface area contributed by atoms with Crippen LogP contribution in [-0.4, -0.2) is 26.2 Å². The number of nitrogens with zero attached hydrogens (tertiary/aromatic N) is 2. The van der Waals surface area contributed by atoms with E-state index in [9.17, 15) is 4.79 Å². The van der Waals surface area contributed by atoms with Gasteiger partial charge in [-0.3, -0.25) is 4.79 Å². The van der Waals surface area contributed by atoms with E-state index in [4.69, 9.17) is 10.8 Å². The number of hydrogen-bond donors (Lipinski definition) is 2. The molecule has 0 saturated heterocycles. The van der Waals surface area contributed by atoms with Crippen LogP contribution in [0.4, 0.5) is 0 Å². The maximum absolute atomic E-state index is 11.0. The average molecular weight is 209 g/mol. The van der Waals surface area contributed by atoms with E-state index in [-0.39, 0.29) is 6.04 Å². The van der Waals surface area contributed by atoms with Crippen molar-refractivity contribution >= 4 is 5.97 Å². The number of carboxylic acid groups (broad SMARTS) is 1. The molecule has 82 valence electrons. The fraction of sp³-hybridized carbons (Fsp3) is 0.600. The summed E-state index contributed by atoms with van der Waals surface area (Å²) in [6, 6.07) is 0.169. The van der Waals surface area contributed by atoms with Crippen molar-refractivity contribution in [2.24, 2.45) is 5.73 Å².